The van der Waals surface area contributed by atoms with Gasteiger partial charge in [0.05, 0.1) is 10.5 Å². The van der Waals surface area contributed by atoms with Crippen molar-refractivity contribution < 1.29 is 18.0 Å². The molecule has 0 aliphatic carbocycles. The average molecular weight is 430 g/mol. The zero-order valence-corrected chi connectivity index (χ0v) is 17.8. The van der Waals surface area contributed by atoms with Crippen molar-refractivity contribution >= 4 is 27.3 Å². The van der Waals surface area contributed by atoms with Crippen LogP contribution < -0.4 is 11.1 Å². The van der Waals surface area contributed by atoms with E-state index in [9.17, 15) is 18.0 Å². The number of anilines is 1. The molecule has 0 bridgehead atoms. The van der Waals surface area contributed by atoms with E-state index < -0.39 is 15.7 Å². The van der Waals surface area contributed by atoms with Crippen molar-refractivity contribution in [3.05, 3.63) is 59.7 Å². The van der Waals surface area contributed by atoms with Crippen molar-refractivity contribution in [2.45, 2.75) is 24.2 Å². The number of benzene rings is 2. The summed E-state index contributed by atoms with van der Waals surface area (Å²) in [6, 6.07) is 13.7. The minimum Gasteiger partial charge on any atom is -0.369 e. The highest BCUT2D eigenvalue weighted by Crippen LogP contribution is 2.19. The van der Waals surface area contributed by atoms with Gasteiger partial charge in [0, 0.05) is 24.4 Å². The Morgan fingerprint density at radius 1 is 1.07 bits per heavy atom. The van der Waals surface area contributed by atoms with Crippen LogP contribution in [0.1, 0.15) is 28.8 Å². The molecule has 2 amide bonds. The predicted octanol–water partition coefficient (Wildman–Crippen LogP) is 2.08. The average Bonchev–Trinajstić information content (AvgIpc) is 2.73. The Labute approximate surface area is 177 Å². The summed E-state index contributed by atoms with van der Waals surface area (Å²) in [5.41, 5.74) is 7.25. The van der Waals surface area contributed by atoms with Crippen LogP contribution in [0.3, 0.4) is 0 Å². The summed E-state index contributed by atoms with van der Waals surface area (Å²) in [7, 11) is -3.50. The number of hydrogen-bond acceptors (Lipinski definition) is 5. The number of hydrogen-bond donors (Lipinski definition) is 2. The number of carbonyl (C=O) groups excluding carboxylic acids is 2. The summed E-state index contributed by atoms with van der Waals surface area (Å²) in [5, 5.41) is 2.76. The molecule has 0 radical (unpaired) electrons. The number of likely N-dealkylation sites (tertiary alicyclic amines) is 1. The molecule has 1 aliphatic rings. The number of amides is 2. The van der Waals surface area contributed by atoms with Gasteiger partial charge in [0.15, 0.2) is 9.84 Å². The van der Waals surface area contributed by atoms with Crippen molar-refractivity contribution in [2.24, 2.45) is 11.7 Å². The minimum absolute atomic E-state index is 0.00280. The number of nitrogens with two attached hydrogens (primary N) is 1. The Hall–Kier alpha value is -2.71. The minimum atomic E-state index is -3.50. The molecule has 2 aromatic rings. The van der Waals surface area contributed by atoms with Crippen LogP contribution in [0.4, 0.5) is 5.69 Å². The number of sulfone groups is 1. The molecule has 7 nitrogen and oxygen atoms in total. The fourth-order valence-electron chi connectivity index (χ4n) is 3.66. The zero-order valence-electron chi connectivity index (χ0n) is 17.0. The maximum absolute atomic E-state index is 12.6. The van der Waals surface area contributed by atoms with Crippen molar-refractivity contribution in [2.75, 3.05) is 31.2 Å². The summed E-state index contributed by atoms with van der Waals surface area (Å²) in [4.78, 5) is 26.2. The van der Waals surface area contributed by atoms with Crippen molar-refractivity contribution in [1.82, 2.24) is 4.90 Å². The maximum Gasteiger partial charge on any atom is 0.256 e. The van der Waals surface area contributed by atoms with Gasteiger partial charge in [-0.1, -0.05) is 24.3 Å². The molecule has 0 aromatic heterocycles. The van der Waals surface area contributed by atoms with Crippen LogP contribution in [0.25, 0.3) is 0 Å². The lowest BCUT2D eigenvalue weighted by Gasteiger charge is -2.30. The molecule has 30 heavy (non-hydrogen) atoms. The summed E-state index contributed by atoms with van der Waals surface area (Å²) < 4.78 is 23.8. The third kappa shape index (κ3) is 5.67. The Bertz CT molecular complexity index is 1010. The quantitative estimate of drug-likeness (QED) is 0.700. The van der Waals surface area contributed by atoms with Gasteiger partial charge >= 0.3 is 0 Å². The molecule has 0 atom stereocenters. The molecule has 3 N–H and O–H groups in total. The highest BCUT2D eigenvalue weighted by molar-refractivity contribution is 7.90. The van der Waals surface area contributed by atoms with E-state index in [1.54, 1.807) is 12.1 Å². The van der Waals surface area contributed by atoms with E-state index in [0.717, 1.165) is 50.7 Å². The first-order valence-electron chi connectivity index (χ1n) is 9.95. The van der Waals surface area contributed by atoms with E-state index in [-0.39, 0.29) is 22.3 Å². The van der Waals surface area contributed by atoms with Crippen molar-refractivity contribution in [1.29, 1.82) is 0 Å². The highest BCUT2D eigenvalue weighted by Gasteiger charge is 2.22. The molecule has 1 heterocycles. The number of nitrogens with one attached hydrogen (secondary N) is 1. The summed E-state index contributed by atoms with van der Waals surface area (Å²) >= 11 is 0. The third-order valence-electron chi connectivity index (χ3n) is 5.45. The fourth-order valence-corrected chi connectivity index (χ4v) is 4.55. The van der Waals surface area contributed by atoms with E-state index >= 15 is 0 Å². The van der Waals surface area contributed by atoms with Crippen LogP contribution in [0.2, 0.25) is 0 Å². The van der Waals surface area contributed by atoms with Crippen LogP contribution in [-0.4, -0.2) is 51.0 Å². The van der Waals surface area contributed by atoms with Gasteiger partial charge in [-0.15, -0.1) is 0 Å². The summed E-state index contributed by atoms with van der Waals surface area (Å²) in [5.74, 6) is -0.662. The predicted molar refractivity (Wildman–Crippen MR) is 116 cm³/mol. The summed E-state index contributed by atoms with van der Waals surface area (Å²) in [6.07, 6.45) is 3.58. The molecule has 1 saturated heterocycles. The molecule has 1 fully saturated rings. The Kier molecular flexibility index (Phi) is 6.89. The van der Waals surface area contributed by atoms with Gasteiger partial charge in [-0.25, -0.2) is 8.42 Å². The number of nitrogens with zero attached hydrogens (tertiary/aromatic N) is 1. The van der Waals surface area contributed by atoms with Gasteiger partial charge < -0.3 is 16.0 Å². The number of carbonyl (C=O) groups is 2. The molecule has 2 aromatic carbocycles. The Morgan fingerprint density at radius 2 is 1.70 bits per heavy atom. The SMILES string of the molecule is CS(=O)(=O)c1ccccc1C(=O)Nc1ccc(CCN2CCC(C(N)=O)CC2)cc1. The number of piperidine rings is 1. The van der Waals surface area contributed by atoms with E-state index in [2.05, 4.69) is 10.2 Å². The van der Waals surface area contributed by atoms with Gasteiger partial charge in [-0.2, -0.15) is 0 Å². The van der Waals surface area contributed by atoms with Crippen molar-refractivity contribution in [3.8, 4) is 0 Å². The molecule has 3 rings (SSSR count). The van der Waals surface area contributed by atoms with Crippen LogP contribution in [0.15, 0.2) is 53.4 Å². The molecule has 8 heteroatoms. The van der Waals surface area contributed by atoms with E-state index in [1.807, 2.05) is 24.3 Å². The van der Waals surface area contributed by atoms with Crippen LogP contribution in [-0.2, 0) is 21.1 Å². The zero-order chi connectivity index (χ0) is 21.7. The second-order valence-corrected chi connectivity index (χ2v) is 9.67. The lowest BCUT2D eigenvalue weighted by atomic mass is 9.96. The fraction of sp³-hybridized carbons (Fsp3) is 0.364. The van der Waals surface area contributed by atoms with Crippen molar-refractivity contribution in [3.63, 3.8) is 0 Å². The number of rotatable bonds is 7. The Morgan fingerprint density at radius 3 is 2.30 bits per heavy atom. The first kappa shape index (κ1) is 22.0. The van der Waals surface area contributed by atoms with Gasteiger partial charge in [0.25, 0.3) is 5.91 Å². The molecule has 1 aliphatic heterocycles. The standard InChI is InChI=1S/C22H27N3O4S/c1-30(28,29)20-5-3-2-4-19(20)22(27)24-18-8-6-16(7-9-18)10-13-25-14-11-17(12-15-25)21(23)26/h2-9,17H,10-15H2,1H3,(H2,23,26)(H,24,27). The molecular formula is C22H27N3O4S. The first-order chi connectivity index (χ1) is 14.2. The number of primary amides is 1. The second-order valence-electron chi connectivity index (χ2n) is 7.69. The molecule has 0 saturated carbocycles. The van der Waals surface area contributed by atoms with Crippen LogP contribution in [0, 0.1) is 5.92 Å². The molecular weight excluding hydrogens is 402 g/mol. The smallest absolute Gasteiger partial charge is 0.256 e. The van der Waals surface area contributed by atoms with Crippen LogP contribution in [0.5, 0.6) is 0 Å². The van der Waals surface area contributed by atoms with Gasteiger partial charge in [0.1, 0.15) is 0 Å². The normalized spacial score (nSPS) is 15.6. The third-order valence-corrected chi connectivity index (χ3v) is 6.60. The topological polar surface area (TPSA) is 110 Å². The lowest BCUT2D eigenvalue weighted by molar-refractivity contribution is -0.123. The van der Waals surface area contributed by atoms with E-state index in [0.29, 0.717) is 5.69 Å². The van der Waals surface area contributed by atoms with Crippen LogP contribution >= 0.6 is 0 Å². The molecule has 160 valence electrons. The van der Waals surface area contributed by atoms with E-state index in [1.165, 1.54) is 12.1 Å². The largest absolute Gasteiger partial charge is 0.369 e. The monoisotopic (exact) mass is 429 g/mol. The molecule has 0 spiro atoms. The lowest BCUT2D eigenvalue weighted by Crippen LogP contribution is -2.39. The summed E-state index contributed by atoms with van der Waals surface area (Å²) in [6.45, 7) is 2.65. The van der Waals surface area contributed by atoms with Gasteiger partial charge in [0.2, 0.25) is 5.91 Å². The van der Waals surface area contributed by atoms with Gasteiger partial charge in [-0.05, 0) is 62.2 Å². The van der Waals surface area contributed by atoms with E-state index in [4.69, 9.17) is 5.73 Å². The molecule has 0 unspecified atom stereocenters. The second kappa shape index (κ2) is 9.40. The maximum atomic E-state index is 12.6. The highest BCUT2D eigenvalue weighted by atomic mass is 32.2. The van der Waals surface area contributed by atoms with Gasteiger partial charge in [-0.3, -0.25) is 9.59 Å². The first-order valence-corrected chi connectivity index (χ1v) is 11.8. The Balaban J connectivity index is 1.55.